The maximum absolute atomic E-state index is 12.4. The molecule has 4 nitrogen and oxygen atoms in total. The van der Waals surface area contributed by atoms with E-state index in [1.807, 2.05) is 7.05 Å². The zero-order chi connectivity index (χ0) is 15.5. The lowest BCUT2D eigenvalue weighted by molar-refractivity contribution is -0.137. The molecule has 1 aliphatic rings. The summed E-state index contributed by atoms with van der Waals surface area (Å²) in [5.41, 5.74) is -0.362. The first-order valence-corrected chi connectivity index (χ1v) is 6.80. The summed E-state index contributed by atoms with van der Waals surface area (Å²) < 4.78 is 37.3. The molecule has 0 radical (unpaired) electrons. The first kappa shape index (κ1) is 15.6. The van der Waals surface area contributed by atoms with E-state index in [2.05, 4.69) is 10.6 Å². The predicted octanol–water partition coefficient (Wildman–Crippen LogP) is 2.92. The van der Waals surface area contributed by atoms with Crippen molar-refractivity contribution in [3.05, 3.63) is 29.8 Å². The van der Waals surface area contributed by atoms with Gasteiger partial charge in [0.25, 0.3) is 0 Å². The van der Waals surface area contributed by atoms with Crippen LogP contribution in [0.15, 0.2) is 24.3 Å². The normalized spacial score (nSPS) is 16.9. The topological polar surface area (TPSA) is 44.4 Å². The standard InChI is InChI=1S/C14H18F3N3O/c1-18-11-6-8-20(9-7-11)13(21)19-12-4-2-10(3-5-12)14(15,16)17/h2-5,11,18H,6-9H2,1H3,(H,19,21). The quantitative estimate of drug-likeness (QED) is 0.882. The molecular formula is C14H18F3N3O. The fourth-order valence-electron chi connectivity index (χ4n) is 2.32. The number of halogens is 3. The van der Waals surface area contributed by atoms with Gasteiger partial charge in [0.05, 0.1) is 5.56 Å². The SMILES string of the molecule is CNC1CCN(C(=O)Nc2ccc(C(F)(F)F)cc2)CC1. The Morgan fingerprint density at radius 2 is 1.76 bits per heavy atom. The molecule has 1 heterocycles. The molecule has 0 bridgehead atoms. The van der Waals surface area contributed by atoms with Crippen molar-refractivity contribution in [2.75, 3.05) is 25.5 Å². The Bertz CT molecular complexity index is 479. The van der Waals surface area contributed by atoms with Gasteiger partial charge in [0, 0.05) is 24.8 Å². The van der Waals surface area contributed by atoms with E-state index in [1.165, 1.54) is 12.1 Å². The van der Waals surface area contributed by atoms with Crippen molar-refractivity contribution in [3.63, 3.8) is 0 Å². The molecule has 1 aromatic carbocycles. The summed E-state index contributed by atoms with van der Waals surface area (Å²) in [7, 11) is 1.89. The van der Waals surface area contributed by atoms with Gasteiger partial charge >= 0.3 is 12.2 Å². The second kappa shape index (κ2) is 6.34. The van der Waals surface area contributed by atoms with E-state index in [4.69, 9.17) is 0 Å². The first-order valence-electron chi connectivity index (χ1n) is 6.80. The average molecular weight is 301 g/mol. The van der Waals surface area contributed by atoms with Crippen LogP contribution in [0.4, 0.5) is 23.7 Å². The number of hydrogen-bond acceptors (Lipinski definition) is 2. The Balaban J connectivity index is 1.91. The van der Waals surface area contributed by atoms with Crippen molar-refractivity contribution < 1.29 is 18.0 Å². The average Bonchev–Trinajstić information content (AvgIpc) is 2.47. The number of likely N-dealkylation sites (tertiary alicyclic amines) is 1. The molecule has 1 aromatic rings. The molecular weight excluding hydrogens is 283 g/mol. The summed E-state index contributed by atoms with van der Waals surface area (Å²) in [5, 5.41) is 5.79. The zero-order valence-electron chi connectivity index (χ0n) is 11.7. The fraction of sp³-hybridized carbons (Fsp3) is 0.500. The number of piperidine rings is 1. The summed E-state index contributed by atoms with van der Waals surface area (Å²) in [6, 6.07) is 4.60. The molecule has 0 spiro atoms. The highest BCUT2D eigenvalue weighted by Gasteiger charge is 2.30. The van der Waals surface area contributed by atoms with Crippen LogP contribution in [0.5, 0.6) is 0 Å². The third-order valence-electron chi connectivity index (χ3n) is 3.65. The summed E-state index contributed by atoms with van der Waals surface area (Å²) in [4.78, 5) is 13.7. The number of benzene rings is 1. The monoisotopic (exact) mass is 301 g/mol. The van der Waals surface area contributed by atoms with Gasteiger partial charge in [-0.1, -0.05) is 0 Å². The maximum Gasteiger partial charge on any atom is 0.416 e. The zero-order valence-corrected chi connectivity index (χ0v) is 11.7. The molecule has 21 heavy (non-hydrogen) atoms. The van der Waals surface area contributed by atoms with Crippen LogP contribution < -0.4 is 10.6 Å². The number of nitrogens with zero attached hydrogens (tertiary/aromatic N) is 1. The molecule has 0 atom stereocenters. The minimum absolute atomic E-state index is 0.274. The van der Waals surface area contributed by atoms with Gasteiger partial charge in [-0.15, -0.1) is 0 Å². The van der Waals surface area contributed by atoms with Crippen LogP contribution in [0, 0.1) is 0 Å². The van der Waals surface area contributed by atoms with Crippen LogP contribution in [-0.2, 0) is 6.18 Å². The first-order chi connectivity index (χ1) is 9.90. The lowest BCUT2D eigenvalue weighted by Crippen LogP contribution is -2.45. The van der Waals surface area contributed by atoms with Gasteiger partial charge in [0.1, 0.15) is 0 Å². The van der Waals surface area contributed by atoms with Crippen molar-refractivity contribution in [1.82, 2.24) is 10.2 Å². The van der Waals surface area contributed by atoms with Gasteiger partial charge in [0.15, 0.2) is 0 Å². The summed E-state index contributed by atoms with van der Waals surface area (Å²) in [5.74, 6) is 0. The van der Waals surface area contributed by atoms with Crippen molar-refractivity contribution in [3.8, 4) is 0 Å². The van der Waals surface area contributed by atoms with Crippen LogP contribution in [0.2, 0.25) is 0 Å². The third kappa shape index (κ3) is 4.10. The predicted molar refractivity (Wildman–Crippen MR) is 74.1 cm³/mol. The number of nitrogens with one attached hydrogen (secondary N) is 2. The molecule has 2 rings (SSSR count). The Labute approximate surface area is 121 Å². The van der Waals surface area contributed by atoms with Gasteiger partial charge < -0.3 is 15.5 Å². The number of urea groups is 1. The van der Waals surface area contributed by atoms with Gasteiger partial charge in [-0.25, -0.2) is 4.79 Å². The molecule has 0 unspecified atom stereocenters. The minimum Gasteiger partial charge on any atom is -0.324 e. The van der Waals surface area contributed by atoms with E-state index in [1.54, 1.807) is 4.90 Å². The highest BCUT2D eigenvalue weighted by atomic mass is 19.4. The number of rotatable bonds is 2. The van der Waals surface area contributed by atoms with Gasteiger partial charge in [0.2, 0.25) is 0 Å². The number of alkyl halides is 3. The Hall–Kier alpha value is -1.76. The lowest BCUT2D eigenvalue weighted by Gasteiger charge is -2.31. The van der Waals surface area contributed by atoms with Gasteiger partial charge in [-0.2, -0.15) is 13.2 Å². The van der Waals surface area contributed by atoms with Crippen molar-refractivity contribution >= 4 is 11.7 Å². The summed E-state index contributed by atoms with van der Waals surface area (Å²) in [6.45, 7) is 1.27. The van der Waals surface area contributed by atoms with E-state index in [0.717, 1.165) is 25.0 Å². The van der Waals surface area contributed by atoms with Crippen LogP contribution in [0.25, 0.3) is 0 Å². The molecule has 116 valence electrons. The minimum atomic E-state index is -4.36. The fourth-order valence-corrected chi connectivity index (χ4v) is 2.32. The van der Waals surface area contributed by atoms with E-state index < -0.39 is 11.7 Å². The Morgan fingerprint density at radius 3 is 2.24 bits per heavy atom. The lowest BCUT2D eigenvalue weighted by atomic mass is 10.1. The highest BCUT2D eigenvalue weighted by molar-refractivity contribution is 5.89. The molecule has 0 aliphatic carbocycles. The molecule has 1 saturated heterocycles. The van der Waals surface area contributed by atoms with Gasteiger partial charge in [-0.05, 0) is 44.2 Å². The molecule has 2 amide bonds. The smallest absolute Gasteiger partial charge is 0.324 e. The van der Waals surface area contributed by atoms with Crippen molar-refractivity contribution in [2.24, 2.45) is 0 Å². The molecule has 2 N–H and O–H groups in total. The van der Waals surface area contributed by atoms with Crippen LogP contribution in [0.3, 0.4) is 0 Å². The Morgan fingerprint density at radius 1 is 1.19 bits per heavy atom. The van der Waals surface area contributed by atoms with E-state index in [-0.39, 0.29) is 6.03 Å². The van der Waals surface area contributed by atoms with Crippen LogP contribution in [0.1, 0.15) is 18.4 Å². The second-order valence-corrected chi connectivity index (χ2v) is 5.06. The van der Waals surface area contributed by atoms with Crippen molar-refractivity contribution in [1.29, 1.82) is 0 Å². The maximum atomic E-state index is 12.4. The van der Waals surface area contributed by atoms with Crippen LogP contribution in [-0.4, -0.2) is 37.1 Å². The highest BCUT2D eigenvalue weighted by Crippen LogP contribution is 2.29. The number of carbonyl (C=O) groups excluding carboxylic acids is 1. The number of hydrogen-bond donors (Lipinski definition) is 2. The molecule has 7 heteroatoms. The second-order valence-electron chi connectivity index (χ2n) is 5.06. The summed E-state index contributed by atoms with van der Waals surface area (Å²) >= 11 is 0. The Kier molecular flexibility index (Phi) is 4.72. The van der Waals surface area contributed by atoms with E-state index >= 15 is 0 Å². The van der Waals surface area contributed by atoms with Gasteiger partial charge in [-0.3, -0.25) is 0 Å². The molecule has 1 fully saturated rings. The van der Waals surface area contributed by atoms with E-state index in [9.17, 15) is 18.0 Å². The number of anilines is 1. The number of amides is 2. The molecule has 0 saturated carbocycles. The largest absolute Gasteiger partial charge is 0.416 e. The third-order valence-corrected chi connectivity index (χ3v) is 3.65. The molecule has 1 aliphatic heterocycles. The van der Waals surface area contributed by atoms with Crippen LogP contribution >= 0.6 is 0 Å². The summed E-state index contributed by atoms with van der Waals surface area (Å²) in [6.07, 6.45) is -2.62. The number of carbonyl (C=O) groups is 1. The van der Waals surface area contributed by atoms with E-state index in [0.29, 0.717) is 24.8 Å². The van der Waals surface area contributed by atoms with Crippen molar-refractivity contribution in [2.45, 2.75) is 25.1 Å². The molecule has 0 aromatic heterocycles.